The van der Waals surface area contributed by atoms with Gasteiger partial charge >= 0.3 is 0 Å². The second-order valence-electron chi connectivity index (χ2n) is 13.8. The Morgan fingerprint density at radius 2 is 0.818 bits per heavy atom. The fraction of sp³-hybridized carbons (Fsp3) is 0. The smallest absolute Gasteiger partial charge is 0.0645 e. The van der Waals surface area contributed by atoms with Gasteiger partial charge in [-0.15, -0.1) is 0 Å². The molecule has 0 unspecified atom stereocenters. The summed E-state index contributed by atoms with van der Waals surface area (Å²) in [6.07, 6.45) is 0. The van der Waals surface area contributed by atoms with E-state index in [0.717, 1.165) is 77.1 Å². The van der Waals surface area contributed by atoms with Gasteiger partial charge in [-0.2, -0.15) is 0 Å². The number of benzene rings is 10. The summed E-state index contributed by atoms with van der Waals surface area (Å²) in [4.78, 5) is 1.89. The molecule has 1 heteroatoms. The number of anilines is 3. The molecule has 0 saturated carbocycles. The summed E-state index contributed by atoms with van der Waals surface area (Å²) in [6.45, 7) is 0. The second kappa shape index (κ2) is 14.0. The first-order chi connectivity index (χ1) is 29.0. The normalized spacial score (nSPS) is 12.3. The third-order valence-electron chi connectivity index (χ3n) is 10.5. The van der Waals surface area contributed by atoms with Crippen molar-refractivity contribution >= 4 is 49.4 Å². The van der Waals surface area contributed by atoms with Gasteiger partial charge in [-0.1, -0.05) is 194 Å². The van der Waals surface area contributed by atoms with Crippen LogP contribution in [0.4, 0.5) is 17.1 Å². The predicted molar refractivity (Wildman–Crippen MR) is 235 cm³/mol. The van der Waals surface area contributed by atoms with Gasteiger partial charge in [0.15, 0.2) is 0 Å². The maximum absolute atomic E-state index is 9.59. The number of rotatable bonds is 7. The summed E-state index contributed by atoms with van der Waals surface area (Å²) in [5.74, 6) is 0. The Morgan fingerprint density at radius 3 is 1.55 bits per heavy atom. The Morgan fingerprint density at radius 1 is 0.291 bits per heavy atom. The lowest BCUT2D eigenvalue weighted by Gasteiger charge is -2.27. The molecule has 258 valence electrons. The molecule has 10 rings (SSSR count). The zero-order valence-electron chi connectivity index (χ0n) is 34.0. The fourth-order valence-corrected chi connectivity index (χ4v) is 7.87. The van der Waals surface area contributed by atoms with E-state index < -0.39 is 0 Å². The Labute approximate surface area is 327 Å². The molecule has 0 N–H and O–H groups in total. The highest BCUT2D eigenvalue weighted by Gasteiger charge is 2.18. The van der Waals surface area contributed by atoms with E-state index in [1.165, 1.54) is 0 Å². The molecule has 0 aromatic heterocycles. The quantitative estimate of drug-likeness (QED) is 0.160. The monoisotopic (exact) mass is 703 g/mol. The second-order valence-corrected chi connectivity index (χ2v) is 13.8. The molecule has 0 radical (unpaired) electrons. The molecule has 0 heterocycles. The zero-order valence-corrected chi connectivity index (χ0v) is 30.0. The molecule has 0 bridgehead atoms. The molecule has 1 nitrogen and oxygen atoms in total. The minimum absolute atomic E-state index is 0.0935. The van der Waals surface area contributed by atoms with Gasteiger partial charge in [0.2, 0.25) is 0 Å². The topological polar surface area (TPSA) is 3.24 Å². The van der Waals surface area contributed by atoms with Crippen LogP contribution in [0.2, 0.25) is 0 Å². The summed E-state index contributed by atoms with van der Waals surface area (Å²) in [5, 5.41) is 6.53. The van der Waals surface area contributed by atoms with Gasteiger partial charge in [-0.3, -0.25) is 0 Å². The summed E-state index contributed by atoms with van der Waals surface area (Å²) >= 11 is 0. The predicted octanol–water partition coefficient (Wildman–Crippen LogP) is 15.3. The standard InChI is InChI=1S/C54H37N/c1-2-12-42(13-3-1)52-37-32-43-16-6-9-21-51(43)54(52)45-30-35-47(36-31-45)55(53-23-11-18-41-15-5-8-20-50(41)53)46-33-28-39(29-34-46)38-24-26-44(27-25-38)49-22-10-17-40-14-4-7-19-48(40)49/h1-37H/i28D,29D,33D,34D. The fourth-order valence-electron chi connectivity index (χ4n) is 7.87. The highest BCUT2D eigenvalue weighted by atomic mass is 15.1. The maximum Gasteiger partial charge on any atom is 0.0645 e. The van der Waals surface area contributed by atoms with Crippen molar-refractivity contribution in [1.29, 1.82) is 0 Å². The third-order valence-corrected chi connectivity index (χ3v) is 10.5. The number of nitrogens with zero attached hydrogens (tertiary/aromatic N) is 1. The van der Waals surface area contributed by atoms with E-state index in [1.54, 1.807) is 0 Å². The van der Waals surface area contributed by atoms with Crippen molar-refractivity contribution in [2.75, 3.05) is 4.90 Å². The van der Waals surface area contributed by atoms with Crippen LogP contribution >= 0.6 is 0 Å². The zero-order chi connectivity index (χ0) is 40.0. The van der Waals surface area contributed by atoms with Crippen LogP contribution in [-0.2, 0) is 0 Å². The lowest BCUT2D eigenvalue weighted by molar-refractivity contribution is 1.30. The summed E-state index contributed by atoms with van der Waals surface area (Å²) in [6, 6.07) is 67.5. The molecule has 10 aromatic rings. The van der Waals surface area contributed by atoms with Gasteiger partial charge in [0.25, 0.3) is 0 Å². The lowest BCUT2D eigenvalue weighted by Crippen LogP contribution is -2.10. The van der Waals surface area contributed by atoms with Gasteiger partial charge in [0.1, 0.15) is 0 Å². The van der Waals surface area contributed by atoms with E-state index in [0.29, 0.717) is 5.56 Å². The van der Waals surface area contributed by atoms with Gasteiger partial charge in [0.05, 0.1) is 11.2 Å². The van der Waals surface area contributed by atoms with E-state index in [4.69, 9.17) is 0 Å². The molecule has 0 aliphatic carbocycles. The van der Waals surface area contributed by atoms with Crippen molar-refractivity contribution in [3.05, 3.63) is 224 Å². The minimum Gasteiger partial charge on any atom is -0.310 e. The number of hydrogen-bond acceptors (Lipinski definition) is 1. The van der Waals surface area contributed by atoms with Crippen molar-refractivity contribution in [3.8, 4) is 44.5 Å². The first-order valence-electron chi connectivity index (χ1n) is 20.6. The van der Waals surface area contributed by atoms with Gasteiger partial charge in [-0.25, -0.2) is 0 Å². The van der Waals surface area contributed by atoms with E-state index >= 15 is 0 Å². The Kier molecular flexibility index (Phi) is 7.19. The van der Waals surface area contributed by atoms with E-state index in [1.807, 2.05) is 108 Å². The summed E-state index contributed by atoms with van der Waals surface area (Å²) in [7, 11) is 0. The maximum atomic E-state index is 9.59. The Bertz CT molecular complexity index is 3150. The Hall–Kier alpha value is -7.22. The molecular formula is C54H37N. The lowest BCUT2D eigenvalue weighted by atomic mass is 9.89. The average molecular weight is 704 g/mol. The molecule has 10 aromatic carbocycles. The largest absolute Gasteiger partial charge is 0.310 e. The first-order valence-corrected chi connectivity index (χ1v) is 18.6. The van der Waals surface area contributed by atoms with Crippen molar-refractivity contribution in [1.82, 2.24) is 0 Å². The van der Waals surface area contributed by atoms with E-state index in [2.05, 4.69) is 97.1 Å². The van der Waals surface area contributed by atoms with E-state index in [9.17, 15) is 5.48 Å². The third kappa shape index (κ3) is 6.02. The van der Waals surface area contributed by atoms with Gasteiger partial charge < -0.3 is 4.90 Å². The van der Waals surface area contributed by atoms with Crippen LogP contribution in [0.25, 0.3) is 76.8 Å². The van der Waals surface area contributed by atoms with Crippen molar-refractivity contribution in [2.45, 2.75) is 0 Å². The van der Waals surface area contributed by atoms with Crippen molar-refractivity contribution < 1.29 is 5.48 Å². The molecule has 0 amide bonds. The highest BCUT2D eigenvalue weighted by molar-refractivity contribution is 6.05. The first kappa shape index (κ1) is 28.3. The highest BCUT2D eigenvalue weighted by Crippen LogP contribution is 2.43. The molecule has 0 aliphatic heterocycles. The van der Waals surface area contributed by atoms with Crippen molar-refractivity contribution in [2.24, 2.45) is 0 Å². The van der Waals surface area contributed by atoms with Crippen LogP contribution in [0.5, 0.6) is 0 Å². The van der Waals surface area contributed by atoms with Crippen molar-refractivity contribution in [3.63, 3.8) is 0 Å². The van der Waals surface area contributed by atoms with Crippen LogP contribution in [0, 0.1) is 0 Å². The molecule has 0 atom stereocenters. The SMILES string of the molecule is [2H]c1c([2H])c(N(c2ccc(-c3c(-c4ccccc4)ccc4ccccc34)cc2)c2cccc3ccccc23)c([2H])c([2H])c1-c1ccc(-c2cccc3ccccc23)cc1. The van der Waals surface area contributed by atoms with Crippen LogP contribution in [0.3, 0.4) is 0 Å². The molecule has 0 saturated heterocycles. The molecular weight excluding hydrogens is 663 g/mol. The molecule has 0 spiro atoms. The molecule has 0 aliphatic rings. The van der Waals surface area contributed by atoms with Gasteiger partial charge in [-0.05, 0) is 102 Å². The van der Waals surface area contributed by atoms with Crippen LogP contribution in [-0.4, -0.2) is 0 Å². The minimum atomic E-state index is -0.114. The average Bonchev–Trinajstić information content (AvgIpc) is 3.30. The van der Waals surface area contributed by atoms with E-state index in [-0.39, 0.29) is 35.4 Å². The molecule has 55 heavy (non-hydrogen) atoms. The molecule has 0 fully saturated rings. The summed E-state index contributed by atoms with van der Waals surface area (Å²) in [5.41, 5.74) is 9.09. The Balaban J connectivity index is 1.12. The van der Waals surface area contributed by atoms with Crippen LogP contribution in [0.15, 0.2) is 224 Å². The number of fused-ring (bicyclic) bond motifs is 3. The summed E-state index contributed by atoms with van der Waals surface area (Å²) < 4.78 is 38.0. The van der Waals surface area contributed by atoms with Crippen LogP contribution in [0.1, 0.15) is 5.48 Å². The van der Waals surface area contributed by atoms with Crippen LogP contribution < -0.4 is 4.90 Å². The van der Waals surface area contributed by atoms with Gasteiger partial charge in [0, 0.05) is 16.8 Å². The number of hydrogen-bond donors (Lipinski definition) is 0.